The molecular weight excluding hydrogens is 530 g/mol. The van der Waals surface area contributed by atoms with E-state index in [0.717, 1.165) is 63.2 Å². The Labute approximate surface area is 250 Å². The number of carboxylic acid groups (broad SMARTS) is 1. The van der Waals surface area contributed by atoms with Gasteiger partial charge >= 0.3 is 5.97 Å². The van der Waals surface area contributed by atoms with Crippen molar-refractivity contribution in [2.75, 3.05) is 13.2 Å². The van der Waals surface area contributed by atoms with Crippen LogP contribution in [0, 0.1) is 11.8 Å². The molecule has 2 saturated carbocycles. The molecule has 0 bridgehead atoms. The summed E-state index contributed by atoms with van der Waals surface area (Å²) in [7, 11) is 0. The van der Waals surface area contributed by atoms with E-state index in [2.05, 4.69) is 24.0 Å². The molecule has 2 aliphatic rings. The Kier molecular flexibility index (Phi) is 12.2. The van der Waals surface area contributed by atoms with Crippen molar-refractivity contribution < 1.29 is 29.3 Å². The fourth-order valence-electron chi connectivity index (χ4n) is 6.41. The van der Waals surface area contributed by atoms with Crippen molar-refractivity contribution in [2.45, 2.75) is 95.9 Å². The SMILES string of the molecule is C=C(O)CC1CCCCC1NC(=O)c1cc(C(=O)O)ccc1OCCCc1ccc(OCCCC2CCCCC2)cc1. The molecule has 2 atom stereocenters. The number of carbonyl (C=O) groups is 2. The Morgan fingerprint density at radius 2 is 1.57 bits per heavy atom. The van der Waals surface area contributed by atoms with Gasteiger partial charge in [-0.1, -0.05) is 63.7 Å². The van der Waals surface area contributed by atoms with Crippen molar-refractivity contribution in [1.82, 2.24) is 5.32 Å². The molecule has 3 N–H and O–H groups in total. The van der Waals surface area contributed by atoms with Gasteiger partial charge in [-0.05, 0) is 86.3 Å². The van der Waals surface area contributed by atoms with Crippen molar-refractivity contribution >= 4 is 11.9 Å². The predicted octanol–water partition coefficient (Wildman–Crippen LogP) is 7.89. The predicted molar refractivity (Wildman–Crippen MR) is 165 cm³/mol. The Hall–Kier alpha value is -3.48. The highest BCUT2D eigenvalue weighted by molar-refractivity contribution is 6.00. The largest absolute Gasteiger partial charge is 0.513 e. The van der Waals surface area contributed by atoms with Gasteiger partial charge in [-0.2, -0.15) is 0 Å². The first-order valence-corrected chi connectivity index (χ1v) is 15.8. The van der Waals surface area contributed by atoms with Gasteiger partial charge in [0.2, 0.25) is 0 Å². The van der Waals surface area contributed by atoms with Crippen molar-refractivity contribution in [3.8, 4) is 11.5 Å². The van der Waals surface area contributed by atoms with E-state index in [1.807, 2.05) is 12.1 Å². The van der Waals surface area contributed by atoms with Crippen molar-refractivity contribution in [3.63, 3.8) is 0 Å². The molecule has 2 fully saturated rings. The second-order valence-corrected chi connectivity index (χ2v) is 12.0. The normalized spacial score (nSPS) is 19.1. The quantitative estimate of drug-likeness (QED) is 0.147. The molecule has 4 rings (SSSR count). The van der Waals surface area contributed by atoms with Crippen molar-refractivity contribution in [3.05, 3.63) is 71.5 Å². The number of aliphatic hydroxyl groups excluding tert-OH is 1. The summed E-state index contributed by atoms with van der Waals surface area (Å²) in [6.07, 6.45) is 15.0. The molecular formula is C35H47NO6. The molecule has 42 heavy (non-hydrogen) atoms. The highest BCUT2D eigenvalue weighted by Gasteiger charge is 2.28. The smallest absolute Gasteiger partial charge is 0.335 e. The Balaban J connectivity index is 1.25. The number of carbonyl (C=O) groups excluding carboxylic acids is 1. The highest BCUT2D eigenvalue weighted by Crippen LogP contribution is 2.30. The van der Waals surface area contributed by atoms with Crippen LogP contribution < -0.4 is 14.8 Å². The molecule has 1 amide bonds. The first-order valence-electron chi connectivity index (χ1n) is 15.8. The molecule has 228 valence electrons. The van der Waals surface area contributed by atoms with Crippen LogP contribution in [0.25, 0.3) is 0 Å². The molecule has 0 aliphatic heterocycles. The van der Waals surface area contributed by atoms with Crippen LogP contribution in [0.2, 0.25) is 0 Å². The monoisotopic (exact) mass is 577 g/mol. The van der Waals surface area contributed by atoms with Gasteiger partial charge in [0.05, 0.1) is 30.1 Å². The standard InChI is InChI=1S/C35H47NO6/c1-25(37)23-28-13-5-6-14-32(28)36-34(38)31-24-29(35(39)40)17-20-33(31)42-22-8-12-27-15-18-30(19-16-27)41-21-7-11-26-9-3-2-4-10-26/h15-20,24,26,28,32,37H,1-14,21-23H2,(H,36,38)(H,39,40). The maximum atomic E-state index is 13.3. The summed E-state index contributed by atoms with van der Waals surface area (Å²) in [4.78, 5) is 24.9. The van der Waals surface area contributed by atoms with Crippen LogP contribution in [0.3, 0.4) is 0 Å². The minimum absolute atomic E-state index is 0.0349. The number of aliphatic hydroxyl groups is 1. The van der Waals surface area contributed by atoms with E-state index < -0.39 is 5.97 Å². The maximum absolute atomic E-state index is 13.3. The van der Waals surface area contributed by atoms with Crippen molar-refractivity contribution in [1.29, 1.82) is 0 Å². The van der Waals surface area contributed by atoms with Gasteiger partial charge in [0.15, 0.2) is 0 Å². The lowest BCUT2D eigenvalue weighted by molar-refractivity contribution is 0.0696. The molecule has 7 nitrogen and oxygen atoms in total. The van der Waals surface area contributed by atoms with Crippen LogP contribution in [0.4, 0.5) is 0 Å². The molecule has 0 heterocycles. The van der Waals surface area contributed by atoms with E-state index in [0.29, 0.717) is 18.8 Å². The van der Waals surface area contributed by atoms with E-state index in [9.17, 15) is 19.8 Å². The van der Waals surface area contributed by atoms with E-state index >= 15 is 0 Å². The highest BCUT2D eigenvalue weighted by atomic mass is 16.5. The van der Waals surface area contributed by atoms with E-state index in [1.165, 1.54) is 56.2 Å². The number of carboxylic acids is 1. The summed E-state index contributed by atoms with van der Waals surface area (Å²) in [6, 6.07) is 12.5. The van der Waals surface area contributed by atoms with Crippen LogP contribution in [0.5, 0.6) is 11.5 Å². The van der Waals surface area contributed by atoms with Gasteiger partial charge in [0, 0.05) is 12.5 Å². The van der Waals surface area contributed by atoms with E-state index in [1.54, 1.807) is 6.07 Å². The van der Waals surface area contributed by atoms with Crippen molar-refractivity contribution in [2.24, 2.45) is 11.8 Å². The lowest BCUT2D eigenvalue weighted by atomic mass is 9.82. The molecule has 0 spiro atoms. The number of benzene rings is 2. The first kappa shape index (κ1) is 31.5. The lowest BCUT2D eigenvalue weighted by Crippen LogP contribution is -2.42. The van der Waals surface area contributed by atoms with Gasteiger partial charge in [-0.25, -0.2) is 4.79 Å². The summed E-state index contributed by atoms with van der Waals surface area (Å²) < 4.78 is 12.0. The first-order chi connectivity index (χ1) is 20.4. The minimum atomic E-state index is -1.10. The zero-order chi connectivity index (χ0) is 29.7. The number of rotatable bonds is 15. The van der Waals surface area contributed by atoms with Gasteiger partial charge in [-0.15, -0.1) is 0 Å². The molecule has 0 radical (unpaired) electrons. The van der Waals surface area contributed by atoms with Gasteiger partial charge in [0.25, 0.3) is 5.91 Å². The number of aryl methyl sites for hydroxylation is 1. The number of aromatic carboxylic acids is 1. The van der Waals surface area contributed by atoms with Crippen LogP contribution in [-0.2, 0) is 6.42 Å². The fourth-order valence-corrected chi connectivity index (χ4v) is 6.41. The topological polar surface area (TPSA) is 105 Å². The average molecular weight is 578 g/mol. The molecule has 2 aromatic carbocycles. The third kappa shape index (κ3) is 9.81. The summed E-state index contributed by atoms with van der Waals surface area (Å²) in [6.45, 7) is 4.77. The second-order valence-electron chi connectivity index (χ2n) is 12.0. The zero-order valence-electron chi connectivity index (χ0n) is 24.8. The van der Waals surface area contributed by atoms with Gasteiger partial charge in [-0.3, -0.25) is 4.79 Å². The molecule has 7 heteroatoms. The zero-order valence-corrected chi connectivity index (χ0v) is 24.8. The van der Waals surface area contributed by atoms with Gasteiger partial charge in [0.1, 0.15) is 11.5 Å². The maximum Gasteiger partial charge on any atom is 0.335 e. The lowest BCUT2D eigenvalue weighted by Gasteiger charge is -2.32. The molecule has 0 saturated heterocycles. The summed E-state index contributed by atoms with van der Waals surface area (Å²) >= 11 is 0. The summed E-state index contributed by atoms with van der Waals surface area (Å²) in [5, 5.41) is 22.3. The third-order valence-corrected chi connectivity index (χ3v) is 8.74. The van der Waals surface area contributed by atoms with Crippen LogP contribution in [0.1, 0.15) is 110 Å². The summed E-state index contributed by atoms with van der Waals surface area (Å²) in [5.74, 6) is 0.914. The molecule has 2 aromatic rings. The Morgan fingerprint density at radius 1 is 0.857 bits per heavy atom. The molecule has 2 aliphatic carbocycles. The van der Waals surface area contributed by atoms with Crippen LogP contribution >= 0.6 is 0 Å². The number of hydrogen-bond donors (Lipinski definition) is 3. The number of hydrogen-bond acceptors (Lipinski definition) is 5. The number of amides is 1. The minimum Gasteiger partial charge on any atom is -0.513 e. The molecule has 2 unspecified atom stereocenters. The number of ether oxygens (including phenoxy) is 2. The Bertz CT molecular complexity index is 1170. The number of nitrogens with one attached hydrogen (secondary N) is 1. The van der Waals surface area contributed by atoms with E-state index in [-0.39, 0.29) is 34.8 Å². The van der Waals surface area contributed by atoms with E-state index in [4.69, 9.17) is 9.47 Å². The fraction of sp³-hybridized carbons (Fsp3) is 0.543. The average Bonchev–Trinajstić information content (AvgIpc) is 2.99. The second kappa shape index (κ2) is 16.2. The van der Waals surface area contributed by atoms with Crippen LogP contribution in [-0.4, -0.2) is 41.3 Å². The molecule has 0 aromatic heterocycles. The summed E-state index contributed by atoms with van der Waals surface area (Å²) in [5.41, 5.74) is 1.43. The van der Waals surface area contributed by atoms with Crippen LogP contribution in [0.15, 0.2) is 54.8 Å². The number of allylic oxidation sites excluding steroid dienone is 1. The Morgan fingerprint density at radius 3 is 2.31 bits per heavy atom. The van der Waals surface area contributed by atoms with Gasteiger partial charge < -0.3 is 25.0 Å². The third-order valence-electron chi connectivity index (χ3n) is 8.74.